The predicted molar refractivity (Wildman–Crippen MR) is 164 cm³/mol. The number of carbonyl (C=O) groups excluding carboxylic acids is 2. The van der Waals surface area contributed by atoms with E-state index >= 15 is 0 Å². The smallest absolute Gasteiger partial charge is 0.290 e. The SMILES string of the molecule is CC1(C)C2C(=O)N(Cc3cc4nccc(-c5cc(Cl)cc6c5N([C@@H]5CNC7(CCC7)C5)CCC6)c4s3)C(=O)C21.O=CO. The van der Waals surface area contributed by atoms with Crippen molar-refractivity contribution in [3.8, 4) is 11.1 Å². The van der Waals surface area contributed by atoms with Crippen LogP contribution in [0.1, 0.15) is 56.4 Å². The summed E-state index contributed by atoms with van der Waals surface area (Å²) in [7, 11) is 0. The second-order valence-electron chi connectivity index (χ2n) is 13.1. The largest absolute Gasteiger partial charge is 0.483 e. The maximum Gasteiger partial charge on any atom is 0.290 e. The topological polar surface area (TPSA) is 103 Å². The Morgan fingerprint density at radius 3 is 2.55 bits per heavy atom. The van der Waals surface area contributed by atoms with Gasteiger partial charge in [-0.25, -0.2) is 0 Å². The van der Waals surface area contributed by atoms with Crippen LogP contribution in [-0.4, -0.2) is 57.9 Å². The van der Waals surface area contributed by atoms with Crippen LogP contribution in [0.5, 0.6) is 0 Å². The van der Waals surface area contributed by atoms with E-state index in [2.05, 4.69) is 39.5 Å². The standard InChI is InChI=1S/C31H33ClN4O2S.CH2O2/c1-30(2)24-25(30)29(38)36(28(24)37)16-20-13-23-27(39-20)21(6-9-33-23)22-12-18(32)11-17-5-3-10-35(26(17)22)19-14-31(34-15-19)7-4-8-31;2-1-3/h6,9,11-13,19,24-25,34H,3-5,7-8,10,14-16H2,1-2H3;1H,(H,2,3)/t19-,24?,25?;/m0./s1. The summed E-state index contributed by atoms with van der Waals surface area (Å²) in [6.45, 7) is 6.22. The molecule has 8 nitrogen and oxygen atoms in total. The Bertz CT molecular complexity index is 1590. The number of amides is 2. The molecule has 10 heteroatoms. The van der Waals surface area contributed by atoms with E-state index in [4.69, 9.17) is 21.5 Å². The van der Waals surface area contributed by atoms with Gasteiger partial charge in [0, 0.05) is 57.6 Å². The van der Waals surface area contributed by atoms with Gasteiger partial charge in [0.25, 0.3) is 6.47 Å². The second kappa shape index (κ2) is 10.0. The number of piperidine rings is 1. The molecule has 3 atom stereocenters. The van der Waals surface area contributed by atoms with E-state index in [1.807, 2.05) is 20.0 Å². The molecule has 8 rings (SSSR count). The van der Waals surface area contributed by atoms with Crippen LogP contribution >= 0.6 is 22.9 Å². The molecule has 2 saturated heterocycles. The van der Waals surface area contributed by atoms with Crippen molar-refractivity contribution in [2.45, 2.75) is 70.5 Å². The number of nitrogens with zero attached hydrogens (tertiary/aromatic N) is 3. The normalized spacial score (nSPS) is 26.5. The number of rotatable bonds is 4. The molecule has 2 aromatic heterocycles. The van der Waals surface area contributed by atoms with E-state index in [-0.39, 0.29) is 35.5 Å². The first kappa shape index (κ1) is 27.8. The summed E-state index contributed by atoms with van der Waals surface area (Å²) >= 11 is 8.38. The van der Waals surface area contributed by atoms with Gasteiger partial charge >= 0.3 is 0 Å². The van der Waals surface area contributed by atoms with Gasteiger partial charge in [0.1, 0.15) is 0 Å². The molecule has 3 aromatic rings. The molecular weight excluding hydrogens is 572 g/mol. The number of carboxylic acid groups (broad SMARTS) is 1. The number of carbonyl (C=O) groups is 3. The third-order valence-corrected chi connectivity index (χ3v) is 11.7. The number of halogens is 1. The zero-order valence-corrected chi connectivity index (χ0v) is 25.4. The molecule has 4 fully saturated rings. The molecule has 2 unspecified atom stereocenters. The van der Waals surface area contributed by atoms with Crippen LogP contribution in [0.25, 0.3) is 21.3 Å². The lowest BCUT2D eigenvalue weighted by Crippen LogP contribution is -2.46. The van der Waals surface area contributed by atoms with Crippen molar-refractivity contribution in [2.24, 2.45) is 17.3 Å². The number of hydrogen-bond acceptors (Lipinski definition) is 7. The third-order valence-electron chi connectivity index (χ3n) is 10.3. The first-order chi connectivity index (χ1) is 20.2. The van der Waals surface area contributed by atoms with E-state index in [0.717, 1.165) is 51.6 Å². The lowest BCUT2D eigenvalue weighted by Gasteiger charge is -2.41. The van der Waals surface area contributed by atoms with Gasteiger partial charge in [0.2, 0.25) is 11.8 Å². The molecule has 0 radical (unpaired) electrons. The highest BCUT2D eigenvalue weighted by Crippen LogP contribution is 2.63. The van der Waals surface area contributed by atoms with Gasteiger partial charge in [0.05, 0.1) is 28.6 Å². The minimum Gasteiger partial charge on any atom is -0.483 e. The summed E-state index contributed by atoms with van der Waals surface area (Å²) in [4.78, 5) is 44.1. The van der Waals surface area contributed by atoms with Gasteiger partial charge in [0.15, 0.2) is 0 Å². The fourth-order valence-corrected chi connectivity index (χ4v) is 9.41. The van der Waals surface area contributed by atoms with Crippen LogP contribution in [-0.2, 0) is 27.3 Å². The fourth-order valence-electron chi connectivity index (χ4n) is 8.04. The molecule has 2 saturated carbocycles. The van der Waals surface area contributed by atoms with Crippen LogP contribution in [0.15, 0.2) is 30.5 Å². The monoisotopic (exact) mass is 606 g/mol. The lowest BCUT2D eigenvalue weighted by atomic mass is 9.75. The molecule has 42 heavy (non-hydrogen) atoms. The van der Waals surface area contributed by atoms with Gasteiger partial charge in [-0.05, 0) is 73.8 Å². The number of pyridine rings is 1. The first-order valence-corrected chi connectivity index (χ1v) is 16.0. The number of hydrogen-bond donors (Lipinski definition) is 2. The van der Waals surface area contributed by atoms with E-state index in [9.17, 15) is 9.59 Å². The highest BCUT2D eigenvalue weighted by molar-refractivity contribution is 7.19. The molecule has 0 bridgehead atoms. The Kier molecular flexibility index (Phi) is 6.64. The van der Waals surface area contributed by atoms with Crippen LogP contribution in [0.4, 0.5) is 5.69 Å². The van der Waals surface area contributed by atoms with Crippen molar-refractivity contribution in [1.82, 2.24) is 15.2 Å². The Morgan fingerprint density at radius 2 is 1.88 bits per heavy atom. The molecule has 5 aliphatic rings. The van der Waals surface area contributed by atoms with Crippen molar-refractivity contribution < 1.29 is 19.5 Å². The van der Waals surface area contributed by atoms with Gasteiger partial charge in [-0.3, -0.25) is 24.3 Å². The van der Waals surface area contributed by atoms with E-state index in [0.29, 0.717) is 18.1 Å². The Hall–Kier alpha value is -3.01. The fraction of sp³-hybridized carbons (Fsp3) is 0.500. The van der Waals surface area contributed by atoms with Gasteiger partial charge in [-0.1, -0.05) is 25.4 Å². The molecule has 3 aliphatic heterocycles. The average molecular weight is 607 g/mol. The lowest BCUT2D eigenvalue weighted by molar-refractivity contribution is -0.143. The number of anilines is 1. The number of aromatic nitrogens is 1. The van der Waals surface area contributed by atoms with Crippen molar-refractivity contribution in [3.63, 3.8) is 0 Å². The quantitative estimate of drug-likeness (QED) is 0.299. The average Bonchev–Trinajstić information content (AvgIpc) is 3.34. The Balaban J connectivity index is 0.000000923. The number of fused-ring (bicyclic) bond motifs is 3. The number of likely N-dealkylation sites (tertiary alicyclic amines) is 1. The molecular formula is C32H35ClN4O4S. The van der Waals surface area contributed by atoms with E-state index in [1.54, 1.807) is 11.3 Å². The van der Waals surface area contributed by atoms with Crippen LogP contribution in [0.2, 0.25) is 5.02 Å². The molecule has 1 spiro atoms. The maximum absolute atomic E-state index is 13.0. The minimum atomic E-state index is -0.250. The molecule has 5 heterocycles. The van der Waals surface area contributed by atoms with Crippen LogP contribution in [0, 0.1) is 17.3 Å². The highest BCUT2D eigenvalue weighted by Gasteiger charge is 2.72. The first-order valence-electron chi connectivity index (χ1n) is 14.8. The van der Waals surface area contributed by atoms with E-state index in [1.165, 1.54) is 47.4 Å². The third kappa shape index (κ3) is 4.26. The summed E-state index contributed by atoms with van der Waals surface area (Å²) in [5.41, 5.74) is 6.02. The van der Waals surface area contributed by atoms with Crippen LogP contribution in [0.3, 0.4) is 0 Å². The second-order valence-corrected chi connectivity index (χ2v) is 14.6. The van der Waals surface area contributed by atoms with E-state index < -0.39 is 0 Å². The number of benzene rings is 1. The molecule has 2 N–H and O–H groups in total. The van der Waals surface area contributed by atoms with Gasteiger partial charge in [-0.2, -0.15) is 0 Å². The summed E-state index contributed by atoms with van der Waals surface area (Å²) in [6.07, 6.45) is 9.18. The van der Waals surface area contributed by atoms with Crippen molar-refractivity contribution in [1.29, 1.82) is 0 Å². The minimum absolute atomic E-state index is 0.0189. The zero-order chi connectivity index (χ0) is 29.4. The van der Waals surface area contributed by atoms with Crippen LogP contribution < -0.4 is 10.2 Å². The summed E-state index contributed by atoms with van der Waals surface area (Å²) in [5.74, 6) is -0.341. The predicted octanol–water partition coefficient (Wildman–Crippen LogP) is 5.50. The Labute approximate surface area is 254 Å². The van der Waals surface area contributed by atoms with Crippen molar-refractivity contribution >= 4 is 57.1 Å². The summed E-state index contributed by atoms with van der Waals surface area (Å²) < 4.78 is 1.09. The molecule has 2 amide bonds. The zero-order valence-electron chi connectivity index (χ0n) is 23.9. The van der Waals surface area contributed by atoms with Gasteiger partial charge in [-0.15, -0.1) is 11.3 Å². The summed E-state index contributed by atoms with van der Waals surface area (Å²) in [5, 5.41) is 11.5. The highest BCUT2D eigenvalue weighted by atomic mass is 35.5. The van der Waals surface area contributed by atoms with Crippen molar-refractivity contribution in [3.05, 3.63) is 45.9 Å². The maximum atomic E-state index is 13.0. The number of imide groups is 1. The number of nitrogens with one attached hydrogen (secondary N) is 1. The molecule has 2 aliphatic carbocycles. The van der Waals surface area contributed by atoms with Crippen molar-refractivity contribution in [2.75, 3.05) is 18.0 Å². The number of thiophene rings is 1. The molecule has 1 aromatic carbocycles. The Morgan fingerprint density at radius 1 is 1.14 bits per heavy atom. The van der Waals surface area contributed by atoms with Gasteiger partial charge < -0.3 is 15.3 Å². The molecule has 220 valence electrons. The summed E-state index contributed by atoms with van der Waals surface area (Å²) in [6, 6.07) is 8.92. The number of aryl methyl sites for hydroxylation is 1.